The lowest BCUT2D eigenvalue weighted by Gasteiger charge is -1.90. The van der Waals surface area contributed by atoms with Gasteiger partial charge in [-0.25, -0.2) is 0 Å². The molecule has 0 amide bonds. The second kappa shape index (κ2) is 3.42. The number of hydrogen-bond donors (Lipinski definition) is 0. The lowest BCUT2D eigenvalue weighted by Crippen LogP contribution is -1.76. The summed E-state index contributed by atoms with van der Waals surface area (Å²) in [6.07, 6.45) is 1.11. The Bertz CT molecular complexity index is 344. The first-order valence-corrected chi connectivity index (χ1v) is 5.67. The fourth-order valence-corrected chi connectivity index (χ4v) is 2.89. The van der Waals surface area contributed by atoms with Crippen LogP contribution in [0.2, 0.25) is 0 Å². The minimum Gasteiger partial charge on any atom is -0.149 e. The Balaban J connectivity index is 2.14. The molecule has 0 nitrogen and oxygen atoms in total. The minimum atomic E-state index is 1.11. The van der Waals surface area contributed by atoms with Crippen molar-refractivity contribution < 1.29 is 0 Å². The third-order valence-electron chi connectivity index (χ3n) is 1.71. The van der Waals surface area contributed by atoms with Crippen LogP contribution >= 0.6 is 22.7 Å². The van der Waals surface area contributed by atoms with Crippen LogP contribution in [-0.2, 0) is 6.42 Å². The van der Waals surface area contributed by atoms with E-state index in [9.17, 15) is 0 Å². The predicted octanol–water partition coefficient (Wildman–Crippen LogP) is 3.71. The molecule has 0 saturated carbocycles. The lowest BCUT2D eigenvalue weighted by molar-refractivity contribution is 1.30. The zero-order valence-electron chi connectivity index (χ0n) is 6.91. The maximum atomic E-state index is 2.27. The van der Waals surface area contributed by atoms with E-state index in [0.717, 1.165) is 6.42 Å². The van der Waals surface area contributed by atoms with Gasteiger partial charge >= 0.3 is 0 Å². The monoisotopic (exact) mass is 194 g/mol. The summed E-state index contributed by atoms with van der Waals surface area (Å²) in [6.45, 7) is 2.15. The lowest BCUT2D eigenvalue weighted by atomic mass is 10.2. The van der Waals surface area contributed by atoms with E-state index in [2.05, 4.69) is 35.9 Å². The topological polar surface area (TPSA) is 0 Å². The quantitative estimate of drug-likeness (QED) is 0.683. The van der Waals surface area contributed by atoms with Crippen LogP contribution in [-0.4, -0.2) is 0 Å². The maximum Gasteiger partial charge on any atom is 0.0163 e. The largest absolute Gasteiger partial charge is 0.149 e. The van der Waals surface area contributed by atoms with Crippen LogP contribution < -0.4 is 0 Å². The standard InChI is InChI=1S/C10H10S2/c1-8-5-10(12-7-8)6-9-3-2-4-11-9/h2-5,7H,6H2,1H3. The molecular formula is C10H10S2. The summed E-state index contributed by atoms with van der Waals surface area (Å²) in [5, 5.41) is 4.35. The van der Waals surface area contributed by atoms with Crippen LogP contribution in [0.15, 0.2) is 29.0 Å². The van der Waals surface area contributed by atoms with Crippen LogP contribution in [0.5, 0.6) is 0 Å². The molecule has 2 rings (SSSR count). The summed E-state index contributed by atoms with van der Waals surface area (Å²) in [7, 11) is 0. The molecule has 0 atom stereocenters. The molecule has 12 heavy (non-hydrogen) atoms. The van der Waals surface area contributed by atoms with Crippen molar-refractivity contribution in [1.29, 1.82) is 0 Å². The average Bonchev–Trinajstić information content (AvgIpc) is 2.63. The van der Waals surface area contributed by atoms with E-state index >= 15 is 0 Å². The zero-order chi connectivity index (χ0) is 8.39. The molecule has 2 heterocycles. The third kappa shape index (κ3) is 1.76. The van der Waals surface area contributed by atoms with E-state index in [-0.39, 0.29) is 0 Å². The van der Waals surface area contributed by atoms with E-state index < -0.39 is 0 Å². The van der Waals surface area contributed by atoms with Gasteiger partial charge in [-0.05, 0) is 35.4 Å². The van der Waals surface area contributed by atoms with Crippen LogP contribution in [0.1, 0.15) is 15.3 Å². The number of thiophene rings is 2. The third-order valence-corrected chi connectivity index (χ3v) is 3.64. The van der Waals surface area contributed by atoms with E-state index in [0.29, 0.717) is 0 Å². The molecule has 0 aliphatic heterocycles. The van der Waals surface area contributed by atoms with Gasteiger partial charge in [0.2, 0.25) is 0 Å². The maximum absolute atomic E-state index is 2.27. The van der Waals surface area contributed by atoms with E-state index in [4.69, 9.17) is 0 Å². The highest BCUT2D eigenvalue weighted by Gasteiger charge is 1.98. The van der Waals surface area contributed by atoms with Crippen molar-refractivity contribution in [3.63, 3.8) is 0 Å². The van der Waals surface area contributed by atoms with E-state index in [1.165, 1.54) is 15.3 Å². The molecule has 0 aromatic carbocycles. The molecular weight excluding hydrogens is 184 g/mol. The average molecular weight is 194 g/mol. The second-order valence-corrected chi connectivity index (χ2v) is 4.87. The summed E-state index contributed by atoms with van der Waals surface area (Å²) in [6, 6.07) is 6.57. The normalized spacial score (nSPS) is 10.4. The van der Waals surface area contributed by atoms with Crippen LogP contribution in [0, 0.1) is 6.92 Å². The van der Waals surface area contributed by atoms with Gasteiger partial charge in [0.25, 0.3) is 0 Å². The molecule has 0 unspecified atom stereocenters. The van der Waals surface area contributed by atoms with E-state index in [1.54, 1.807) is 0 Å². The first kappa shape index (κ1) is 8.02. The van der Waals surface area contributed by atoms with Crippen molar-refractivity contribution in [2.45, 2.75) is 13.3 Å². The summed E-state index contributed by atoms with van der Waals surface area (Å²) in [5.41, 5.74) is 1.38. The fourth-order valence-electron chi connectivity index (χ4n) is 1.17. The molecule has 0 fully saturated rings. The highest BCUT2D eigenvalue weighted by Crippen LogP contribution is 2.20. The Labute approximate surface area is 80.5 Å². The van der Waals surface area contributed by atoms with Crippen molar-refractivity contribution in [2.24, 2.45) is 0 Å². The fraction of sp³-hybridized carbons (Fsp3) is 0.200. The van der Waals surface area contributed by atoms with Gasteiger partial charge in [-0.1, -0.05) is 6.07 Å². The van der Waals surface area contributed by atoms with Crippen molar-refractivity contribution in [1.82, 2.24) is 0 Å². The molecule has 0 saturated heterocycles. The molecule has 2 aromatic heterocycles. The van der Waals surface area contributed by atoms with Crippen LogP contribution in [0.3, 0.4) is 0 Å². The Morgan fingerprint density at radius 1 is 1.25 bits per heavy atom. The van der Waals surface area contributed by atoms with Crippen molar-refractivity contribution >= 4 is 22.7 Å². The van der Waals surface area contributed by atoms with Gasteiger partial charge in [-0.3, -0.25) is 0 Å². The van der Waals surface area contributed by atoms with Gasteiger partial charge in [0, 0.05) is 16.2 Å². The molecule has 0 aliphatic carbocycles. The van der Waals surface area contributed by atoms with Gasteiger partial charge in [0.1, 0.15) is 0 Å². The summed E-state index contributed by atoms with van der Waals surface area (Å²) >= 11 is 3.69. The van der Waals surface area contributed by atoms with Gasteiger partial charge in [0.15, 0.2) is 0 Å². The van der Waals surface area contributed by atoms with Gasteiger partial charge in [-0.15, -0.1) is 22.7 Å². The summed E-state index contributed by atoms with van der Waals surface area (Å²) < 4.78 is 0. The predicted molar refractivity (Wildman–Crippen MR) is 56.2 cm³/mol. The number of aryl methyl sites for hydroxylation is 1. The van der Waals surface area contributed by atoms with Crippen LogP contribution in [0.4, 0.5) is 0 Å². The second-order valence-electron chi connectivity index (χ2n) is 2.85. The molecule has 0 spiro atoms. The number of hydrogen-bond acceptors (Lipinski definition) is 2. The number of rotatable bonds is 2. The minimum absolute atomic E-state index is 1.11. The van der Waals surface area contributed by atoms with Crippen LogP contribution in [0.25, 0.3) is 0 Å². The van der Waals surface area contributed by atoms with Crippen molar-refractivity contribution in [2.75, 3.05) is 0 Å². The van der Waals surface area contributed by atoms with E-state index in [1.807, 2.05) is 22.7 Å². The first-order chi connectivity index (χ1) is 5.84. The zero-order valence-corrected chi connectivity index (χ0v) is 8.54. The Hall–Kier alpha value is -0.600. The molecule has 0 bridgehead atoms. The van der Waals surface area contributed by atoms with Gasteiger partial charge in [-0.2, -0.15) is 0 Å². The molecule has 0 N–H and O–H groups in total. The molecule has 0 aliphatic rings. The summed E-state index contributed by atoms with van der Waals surface area (Å²) in [4.78, 5) is 2.92. The van der Waals surface area contributed by atoms with Crippen molar-refractivity contribution in [3.05, 3.63) is 44.3 Å². The first-order valence-electron chi connectivity index (χ1n) is 3.91. The highest BCUT2D eigenvalue weighted by atomic mass is 32.1. The van der Waals surface area contributed by atoms with Crippen molar-refractivity contribution in [3.8, 4) is 0 Å². The van der Waals surface area contributed by atoms with Gasteiger partial charge < -0.3 is 0 Å². The van der Waals surface area contributed by atoms with Gasteiger partial charge in [0.05, 0.1) is 0 Å². The smallest absolute Gasteiger partial charge is 0.0163 e. The molecule has 2 aromatic rings. The Morgan fingerprint density at radius 3 is 2.75 bits per heavy atom. The molecule has 2 heteroatoms. The SMILES string of the molecule is Cc1csc(Cc2cccs2)c1. The summed E-state index contributed by atoms with van der Waals surface area (Å²) in [5.74, 6) is 0. The highest BCUT2D eigenvalue weighted by molar-refractivity contribution is 7.11. The molecule has 0 radical (unpaired) electrons. The molecule has 62 valence electrons. The Kier molecular flexibility index (Phi) is 2.28. The Morgan fingerprint density at radius 2 is 2.17 bits per heavy atom.